The maximum Gasteiger partial charge on any atom is 0.315 e. The van der Waals surface area contributed by atoms with E-state index < -0.39 is 0 Å². The number of urea groups is 1. The van der Waals surface area contributed by atoms with Crippen LogP contribution in [0.1, 0.15) is 24.8 Å². The third kappa shape index (κ3) is 5.95. The molecule has 2 aromatic rings. The zero-order valence-electron chi connectivity index (χ0n) is 15.0. The lowest BCUT2D eigenvalue weighted by atomic mass is 10.1. The topological polar surface area (TPSA) is 57.3 Å². The molecule has 1 saturated heterocycles. The minimum Gasteiger partial charge on any atom is -0.357 e. The summed E-state index contributed by atoms with van der Waals surface area (Å²) in [6, 6.07) is 14.2. The molecule has 26 heavy (non-hydrogen) atoms. The Morgan fingerprint density at radius 2 is 1.85 bits per heavy atom. The van der Waals surface area contributed by atoms with Crippen LogP contribution in [-0.4, -0.2) is 36.4 Å². The van der Waals surface area contributed by atoms with Crippen LogP contribution in [0.4, 0.5) is 10.6 Å². The molecular formula is C20H26N4OS. The Labute approximate surface area is 159 Å². The summed E-state index contributed by atoms with van der Waals surface area (Å²) >= 11 is 1.73. The molecule has 0 unspecified atom stereocenters. The predicted molar refractivity (Wildman–Crippen MR) is 108 cm³/mol. The molecule has 1 aromatic heterocycles. The second-order valence-electron chi connectivity index (χ2n) is 6.34. The molecule has 1 fully saturated rings. The molecule has 5 nitrogen and oxygen atoms in total. The summed E-state index contributed by atoms with van der Waals surface area (Å²) in [6.07, 6.45) is 5.66. The van der Waals surface area contributed by atoms with Crippen LogP contribution in [0.5, 0.6) is 0 Å². The predicted octanol–water partition coefficient (Wildman–Crippen LogP) is 3.66. The lowest BCUT2D eigenvalue weighted by Crippen LogP contribution is -2.36. The number of benzene rings is 1. The SMILES string of the molecule is O=C(NCCSc1ccccc1)NCc1ccc(N2CCCCC2)nc1. The highest BCUT2D eigenvalue weighted by molar-refractivity contribution is 7.99. The molecule has 2 heterocycles. The maximum absolute atomic E-state index is 11.9. The number of aromatic nitrogens is 1. The van der Waals surface area contributed by atoms with Gasteiger partial charge in [0.2, 0.25) is 0 Å². The highest BCUT2D eigenvalue weighted by Gasteiger charge is 2.11. The van der Waals surface area contributed by atoms with E-state index >= 15 is 0 Å². The van der Waals surface area contributed by atoms with Crippen molar-refractivity contribution in [2.75, 3.05) is 30.3 Å². The lowest BCUT2D eigenvalue weighted by molar-refractivity contribution is 0.241. The van der Waals surface area contributed by atoms with Gasteiger partial charge in [-0.25, -0.2) is 9.78 Å². The number of anilines is 1. The van der Waals surface area contributed by atoms with Crippen LogP contribution in [0, 0.1) is 0 Å². The van der Waals surface area contributed by atoms with Crippen molar-refractivity contribution in [3.05, 3.63) is 54.2 Å². The molecule has 3 rings (SSSR count). The quantitative estimate of drug-likeness (QED) is 0.577. The summed E-state index contributed by atoms with van der Waals surface area (Å²) in [7, 11) is 0. The number of hydrogen-bond acceptors (Lipinski definition) is 4. The zero-order valence-corrected chi connectivity index (χ0v) is 15.8. The minimum atomic E-state index is -0.140. The standard InChI is InChI=1S/C20H26N4OS/c25-20(21-11-14-26-18-7-3-1-4-8-18)23-16-17-9-10-19(22-15-17)24-12-5-2-6-13-24/h1,3-4,7-10,15H,2,5-6,11-14,16H2,(H2,21,23,25). The van der Waals surface area contributed by atoms with Crippen LogP contribution in [0.2, 0.25) is 0 Å². The molecule has 0 saturated carbocycles. The largest absolute Gasteiger partial charge is 0.357 e. The highest BCUT2D eigenvalue weighted by Crippen LogP contribution is 2.17. The number of rotatable bonds is 7. The number of nitrogens with one attached hydrogen (secondary N) is 2. The molecule has 0 atom stereocenters. The van der Waals surface area contributed by atoms with Crippen LogP contribution in [-0.2, 0) is 6.54 Å². The van der Waals surface area contributed by atoms with Gasteiger partial charge in [-0.2, -0.15) is 0 Å². The average Bonchev–Trinajstić information content (AvgIpc) is 2.71. The first-order valence-electron chi connectivity index (χ1n) is 9.21. The van der Waals surface area contributed by atoms with Gasteiger partial charge in [-0.05, 0) is 43.0 Å². The molecule has 2 N–H and O–H groups in total. The normalized spacial score (nSPS) is 14.1. The number of nitrogens with zero attached hydrogens (tertiary/aromatic N) is 2. The first-order valence-corrected chi connectivity index (χ1v) is 10.2. The molecule has 0 bridgehead atoms. The van der Waals surface area contributed by atoms with Gasteiger partial charge < -0.3 is 15.5 Å². The third-order valence-electron chi connectivity index (χ3n) is 4.34. The fourth-order valence-electron chi connectivity index (χ4n) is 2.93. The fourth-order valence-corrected chi connectivity index (χ4v) is 3.72. The molecule has 1 aromatic carbocycles. The van der Waals surface area contributed by atoms with Crippen LogP contribution in [0.15, 0.2) is 53.6 Å². The second kappa shape index (κ2) is 10.1. The van der Waals surface area contributed by atoms with Crippen molar-refractivity contribution in [1.29, 1.82) is 0 Å². The summed E-state index contributed by atoms with van der Waals surface area (Å²) in [6.45, 7) is 3.31. The van der Waals surface area contributed by atoms with E-state index in [-0.39, 0.29) is 6.03 Å². The smallest absolute Gasteiger partial charge is 0.315 e. The minimum absolute atomic E-state index is 0.140. The van der Waals surface area contributed by atoms with E-state index in [2.05, 4.69) is 38.7 Å². The van der Waals surface area contributed by atoms with Crippen molar-refractivity contribution in [3.63, 3.8) is 0 Å². The Hall–Kier alpha value is -2.21. The first kappa shape index (κ1) is 18.6. The van der Waals surface area contributed by atoms with Gasteiger partial charge >= 0.3 is 6.03 Å². The molecule has 1 aliphatic rings. The lowest BCUT2D eigenvalue weighted by Gasteiger charge is -2.27. The van der Waals surface area contributed by atoms with Crippen LogP contribution >= 0.6 is 11.8 Å². The Balaban J connectivity index is 1.33. The molecule has 6 heteroatoms. The summed E-state index contributed by atoms with van der Waals surface area (Å²) in [5, 5.41) is 5.77. The molecular weight excluding hydrogens is 344 g/mol. The number of carbonyl (C=O) groups is 1. The van der Waals surface area contributed by atoms with Crippen LogP contribution < -0.4 is 15.5 Å². The van der Waals surface area contributed by atoms with Crippen LogP contribution in [0.3, 0.4) is 0 Å². The average molecular weight is 371 g/mol. The highest BCUT2D eigenvalue weighted by atomic mass is 32.2. The number of piperidine rings is 1. The van der Waals surface area contributed by atoms with E-state index in [1.807, 2.05) is 30.5 Å². The van der Waals surface area contributed by atoms with Crippen LogP contribution in [0.25, 0.3) is 0 Å². The monoisotopic (exact) mass is 370 g/mol. The van der Waals surface area contributed by atoms with Gasteiger partial charge in [0.15, 0.2) is 0 Å². The molecule has 0 spiro atoms. The van der Waals surface area contributed by atoms with E-state index in [9.17, 15) is 4.79 Å². The number of pyridine rings is 1. The molecule has 0 radical (unpaired) electrons. The van der Waals surface area contributed by atoms with Crippen molar-refractivity contribution in [2.45, 2.75) is 30.7 Å². The van der Waals surface area contributed by atoms with Crippen molar-refractivity contribution in [2.24, 2.45) is 0 Å². The number of carbonyl (C=O) groups excluding carboxylic acids is 1. The van der Waals surface area contributed by atoms with E-state index in [1.165, 1.54) is 24.2 Å². The van der Waals surface area contributed by atoms with E-state index in [0.717, 1.165) is 30.2 Å². The fraction of sp³-hybridized carbons (Fsp3) is 0.400. The summed E-state index contributed by atoms with van der Waals surface area (Å²) in [4.78, 5) is 20.0. The van der Waals surface area contributed by atoms with Gasteiger partial charge in [-0.3, -0.25) is 0 Å². The van der Waals surface area contributed by atoms with E-state index in [4.69, 9.17) is 0 Å². The summed E-state index contributed by atoms with van der Waals surface area (Å²) in [5.41, 5.74) is 1.01. The molecule has 2 amide bonds. The number of amides is 2. The second-order valence-corrected chi connectivity index (χ2v) is 7.51. The Bertz CT molecular complexity index is 672. The Morgan fingerprint density at radius 1 is 1.04 bits per heavy atom. The Morgan fingerprint density at radius 3 is 2.58 bits per heavy atom. The van der Waals surface area contributed by atoms with Gasteiger partial charge in [0.05, 0.1) is 0 Å². The van der Waals surface area contributed by atoms with Crippen molar-refractivity contribution in [3.8, 4) is 0 Å². The van der Waals surface area contributed by atoms with Gasteiger partial charge in [0.1, 0.15) is 5.82 Å². The van der Waals surface area contributed by atoms with E-state index in [0.29, 0.717) is 13.1 Å². The summed E-state index contributed by atoms with van der Waals surface area (Å²) < 4.78 is 0. The van der Waals surface area contributed by atoms with Gasteiger partial charge in [0, 0.05) is 43.0 Å². The first-order chi connectivity index (χ1) is 12.8. The van der Waals surface area contributed by atoms with Gasteiger partial charge in [-0.1, -0.05) is 24.3 Å². The van der Waals surface area contributed by atoms with Crippen molar-refractivity contribution in [1.82, 2.24) is 15.6 Å². The van der Waals surface area contributed by atoms with Gasteiger partial charge in [-0.15, -0.1) is 11.8 Å². The number of thioether (sulfide) groups is 1. The molecule has 1 aliphatic heterocycles. The van der Waals surface area contributed by atoms with Crippen molar-refractivity contribution >= 4 is 23.6 Å². The number of hydrogen-bond donors (Lipinski definition) is 2. The maximum atomic E-state index is 11.9. The third-order valence-corrected chi connectivity index (χ3v) is 5.36. The van der Waals surface area contributed by atoms with Gasteiger partial charge in [0.25, 0.3) is 0 Å². The van der Waals surface area contributed by atoms with E-state index in [1.54, 1.807) is 11.8 Å². The Kier molecular flexibility index (Phi) is 7.19. The summed E-state index contributed by atoms with van der Waals surface area (Å²) in [5.74, 6) is 1.89. The zero-order chi connectivity index (χ0) is 18.0. The molecule has 0 aliphatic carbocycles. The molecule has 138 valence electrons. The van der Waals surface area contributed by atoms with Crippen molar-refractivity contribution < 1.29 is 4.79 Å².